The molecule has 1 saturated heterocycles. The molecule has 4 rings (SSSR count). The number of nitrogens with zero attached hydrogens (tertiary/aromatic N) is 2. The van der Waals surface area contributed by atoms with Gasteiger partial charge >= 0.3 is 0 Å². The van der Waals surface area contributed by atoms with Crippen LogP contribution in [0.3, 0.4) is 0 Å². The summed E-state index contributed by atoms with van der Waals surface area (Å²) in [7, 11) is 0. The van der Waals surface area contributed by atoms with Crippen molar-refractivity contribution in [1.29, 1.82) is 0 Å². The molecule has 2 aliphatic rings. The van der Waals surface area contributed by atoms with Crippen LogP contribution in [0.1, 0.15) is 71.9 Å². The van der Waals surface area contributed by atoms with E-state index in [4.69, 9.17) is 10.3 Å². The first-order chi connectivity index (χ1) is 14.4. The molecule has 30 heavy (non-hydrogen) atoms. The Bertz CT molecular complexity index is 893. The molecule has 0 spiro atoms. The highest BCUT2D eigenvalue weighted by Gasteiger charge is 2.33. The molecule has 160 valence electrons. The van der Waals surface area contributed by atoms with Gasteiger partial charge in [-0.15, -0.1) is 0 Å². The molecule has 2 aromatic rings. The number of piperidine rings is 1. The molecule has 2 unspecified atom stereocenters. The first-order valence-electron chi connectivity index (χ1n) is 10.8. The summed E-state index contributed by atoms with van der Waals surface area (Å²) in [5.41, 5.74) is 8.33. The molecule has 2 fully saturated rings. The average molecular weight is 411 g/mol. The van der Waals surface area contributed by atoms with Crippen LogP contribution >= 0.6 is 0 Å². The molecule has 7 nitrogen and oxygen atoms in total. The maximum atomic E-state index is 12.9. The number of nitrogens with two attached hydrogens (primary N) is 1. The fraction of sp³-hybridized carbons (Fsp3) is 0.522. The van der Waals surface area contributed by atoms with E-state index in [1.54, 1.807) is 13.0 Å². The van der Waals surface area contributed by atoms with E-state index in [0.29, 0.717) is 24.7 Å². The molecule has 0 bridgehead atoms. The lowest BCUT2D eigenvalue weighted by atomic mass is 9.84. The van der Waals surface area contributed by atoms with Crippen LogP contribution in [0.4, 0.5) is 0 Å². The van der Waals surface area contributed by atoms with Gasteiger partial charge in [-0.3, -0.25) is 9.59 Å². The number of hydrogen-bond donors (Lipinski definition) is 2. The Labute approximate surface area is 177 Å². The molecule has 1 aliphatic heterocycles. The van der Waals surface area contributed by atoms with Crippen molar-refractivity contribution < 1.29 is 14.1 Å². The summed E-state index contributed by atoms with van der Waals surface area (Å²) in [6.45, 7) is 5.07. The number of aromatic nitrogens is 1. The third-order valence-corrected chi connectivity index (χ3v) is 6.18. The number of carbonyl (C=O) groups excluding carboxylic acids is 2. The zero-order valence-electron chi connectivity index (χ0n) is 17.6. The van der Waals surface area contributed by atoms with Crippen LogP contribution in [-0.4, -0.2) is 41.0 Å². The summed E-state index contributed by atoms with van der Waals surface area (Å²) in [5, 5.41) is 7.17. The smallest absolute Gasteiger partial charge is 0.273 e. The van der Waals surface area contributed by atoms with Gasteiger partial charge in [-0.05, 0) is 51.0 Å². The van der Waals surface area contributed by atoms with Crippen molar-refractivity contribution in [3.8, 4) is 0 Å². The summed E-state index contributed by atoms with van der Waals surface area (Å²) < 4.78 is 5.35. The Morgan fingerprint density at radius 3 is 2.43 bits per heavy atom. The number of hydrogen-bond acceptors (Lipinski definition) is 5. The van der Waals surface area contributed by atoms with Crippen LogP contribution < -0.4 is 11.1 Å². The fourth-order valence-electron chi connectivity index (χ4n) is 4.16. The van der Waals surface area contributed by atoms with Gasteiger partial charge in [0.05, 0.1) is 12.1 Å². The average Bonchev–Trinajstić information content (AvgIpc) is 3.48. The van der Waals surface area contributed by atoms with Crippen LogP contribution in [0.2, 0.25) is 0 Å². The topological polar surface area (TPSA) is 101 Å². The number of rotatable bonds is 6. The predicted molar refractivity (Wildman–Crippen MR) is 113 cm³/mol. The van der Waals surface area contributed by atoms with Crippen LogP contribution in [0.5, 0.6) is 0 Å². The molecule has 2 atom stereocenters. The van der Waals surface area contributed by atoms with Gasteiger partial charge in [0.15, 0.2) is 5.69 Å². The maximum absolute atomic E-state index is 12.9. The summed E-state index contributed by atoms with van der Waals surface area (Å²) in [6, 6.07) is 9.39. The third-order valence-electron chi connectivity index (χ3n) is 6.18. The summed E-state index contributed by atoms with van der Waals surface area (Å²) in [4.78, 5) is 27.0. The monoisotopic (exact) mass is 410 g/mol. The van der Waals surface area contributed by atoms with Gasteiger partial charge in [0, 0.05) is 25.1 Å². The Hall–Kier alpha value is -2.67. The van der Waals surface area contributed by atoms with Gasteiger partial charge in [0.2, 0.25) is 5.91 Å². The lowest BCUT2D eigenvalue weighted by Crippen LogP contribution is -2.47. The minimum Gasteiger partial charge on any atom is -0.360 e. The van der Waals surface area contributed by atoms with Gasteiger partial charge < -0.3 is 20.5 Å². The molecular formula is C23H30N4O3. The van der Waals surface area contributed by atoms with Gasteiger partial charge in [0.25, 0.3) is 5.91 Å². The highest BCUT2D eigenvalue weighted by molar-refractivity contribution is 5.92. The normalized spacial score (nSPS) is 19.4. The van der Waals surface area contributed by atoms with E-state index in [1.807, 2.05) is 11.8 Å². The molecule has 1 aliphatic carbocycles. The Morgan fingerprint density at radius 2 is 1.83 bits per heavy atom. The Kier molecular flexibility index (Phi) is 5.90. The fourth-order valence-corrected chi connectivity index (χ4v) is 4.16. The zero-order valence-corrected chi connectivity index (χ0v) is 17.6. The quantitative estimate of drug-likeness (QED) is 0.762. The summed E-state index contributed by atoms with van der Waals surface area (Å²) >= 11 is 0. The van der Waals surface area contributed by atoms with E-state index in [2.05, 4.69) is 34.7 Å². The van der Waals surface area contributed by atoms with E-state index in [9.17, 15) is 9.59 Å². The highest BCUT2D eigenvalue weighted by Crippen LogP contribution is 2.40. The number of benzene rings is 1. The highest BCUT2D eigenvalue weighted by atomic mass is 16.5. The number of nitrogens with one attached hydrogen (secondary N) is 1. The van der Waals surface area contributed by atoms with Crippen molar-refractivity contribution in [2.24, 2.45) is 11.7 Å². The number of carbonyl (C=O) groups is 2. The molecule has 0 radical (unpaired) electrons. The van der Waals surface area contributed by atoms with Crippen LogP contribution in [0, 0.1) is 12.8 Å². The molecule has 2 amide bonds. The van der Waals surface area contributed by atoms with Crippen molar-refractivity contribution in [3.63, 3.8) is 0 Å². The van der Waals surface area contributed by atoms with Gasteiger partial charge in [-0.25, -0.2) is 0 Å². The molecule has 1 saturated carbocycles. The van der Waals surface area contributed by atoms with Crippen molar-refractivity contribution in [3.05, 3.63) is 52.9 Å². The largest absolute Gasteiger partial charge is 0.360 e. The van der Waals surface area contributed by atoms with Crippen molar-refractivity contribution in [2.45, 2.75) is 57.5 Å². The zero-order chi connectivity index (χ0) is 21.3. The molecule has 2 heterocycles. The molecular weight excluding hydrogens is 380 g/mol. The first-order valence-corrected chi connectivity index (χ1v) is 10.8. The van der Waals surface area contributed by atoms with Crippen molar-refractivity contribution in [2.75, 3.05) is 13.1 Å². The van der Waals surface area contributed by atoms with Crippen molar-refractivity contribution in [1.82, 2.24) is 15.4 Å². The van der Waals surface area contributed by atoms with E-state index in [0.717, 1.165) is 37.0 Å². The first kappa shape index (κ1) is 20.6. The van der Waals surface area contributed by atoms with E-state index < -0.39 is 6.04 Å². The number of amides is 2. The minimum absolute atomic E-state index is 0.0143. The second kappa shape index (κ2) is 8.60. The Balaban J connectivity index is 1.49. The molecule has 7 heteroatoms. The van der Waals surface area contributed by atoms with Crippen LogP contribution in [-0.2, 0) is 4.79 Å². The van der Waals surface area contributed by atoms with Crippen molar-refractivity contribution >= 4 is 11.8 Å². The molecule has 3 N–H and O–H groups in total. The van der Waals surface area contributed by atoms with E-state index in [-0.39, 0.29) is 23.8 Å². The SMILES string of the molecule is Cc1ccc(C(NC(=O)c2cc(C3CC3)on2)C2CCN(C(=O)C(C)N)CC2)cc1. The van der Waals surface area contributed by atoms with Gasteiger partial charge in [0.1, 0.15) is 5.76 Å². The van der Waals surface area contributed by atoms with E-state index >= 15 is 0 Å². The maximum Gasteiger partial charge on any atom is 0.273 e. The lowest BCUT2D eigenvalue weighted by Gasteiger charge is -2.37. The second-order valence-electron chi connectivity index (χ2n) is 8.70. The lowest BCUT2D eigenvalue weighted by molar-refractivity contribution is -0.133. The van der Waals surface area contributed by atoms with Gasteiger partial charge in [-0.1, -0.05) is 35.0 Å². The number of aryl methyl sites for hydroxylation is 1. The predicted octanol–water partition coefficient (Wildman–Crippen LogP) is 2.92. The summed E-state index contributed by atoms with van der Waals surface area (Å²) in [5.74, 6) is 1.21. The third kappa shape index (κ3) is 4.56. The second-order valence-corrected chi connectivity index (χ2v) is 8.70. The van der Waals surface area contributed by atoms with E-state index in [1.165, 1.54) is 5.56 Å². The standard InChI is InChI=1S/C23H30N4O3/c1-14-3-5-17(6-4-14)21(18-9-11-27(12-10-18)23(29)15(2)24)25-22(28)19-13-20(30-26-19)16-7-8-16/h3-6,13,15-16,18,21H,7-12,24H2,1-2H3,(H,25,28). The number of likely N-dealkylation sites (tertiary alicyclic amines) is 1. The summed E-state index contributed by atoms with van der Waals surface area (Å²) in [6.07, 6.45) is 3.81. The van der Waals surface area contributed by atoms with Crippen LogP contribution in [0.25, 0.3) is 0 Å². The molecule has 1 aromatic heterocycles. The van der Waals surface area contributed by atoms with Crippen LogP contribution in [0.15, 0.2) is 34.9 Å². The minimum atomic E-state index is -0.484. The molecule has 1 aromatic carbocycles. The van der Waals surface area contributed by atoms with Gasteiger partial charge in [-0.2, -0.15) is 0 Å². The Morgan fingerprint density at radius 1 is 1.17 bits per heavy atom.